The Kier molecular flexibility index (Phi) is 3.19. The minimum absolute atomic E-state index is 0.00357. The van der Waals surface area contributed by atoms with Gasteiger partial charge in [0.2, 0.25) is 0 Å². The maximum absolute atomic E-state index is 13.6. The van der Waals surface area contributed by atoms with Gasteiger partial charge in [-0.25, -0.2) is 13.5 Å². The van der Waals surface area contributed by atoms with Crippen molar-refractivity contribution in [2.45, 2.75) is 57.9 Å². The first-order valence-electron chi connectivity index (χ1n) is 6.21. The van der Waals surface area contributed by atoms with Crippen LogP contribution in [0.1, 0.15) is 57.7 Å². The van der Waals surface area contributed by atoms with Crippen molar-refractivity contribution in [2.24, 2.45) is 5.92 Å². The largest absolute Gasteiger partial charge is 0.252 e. The van der Waals surface area contributed by atoms with E-state index >= 15 is 0 Å². The van der Waals surface area contributed by atoms with Crippen molar-refractivity contribution in [3.8, 4) is 0 Å². The molecule has 17 heavy (non-hydrogen) atoms. The van der Waals surface area contributed by atoms with Gasteiger partial charge in [0.15, 0.2) is 0 Å². The molecule has 1 aromatic rings. The molecule has 0 N–H and O–H groups in total. The van der Waals surface area contributed by atoms with Crippen LogP contribution >= 0.6 is 0 Å². The Morgan fingerprint density at radius 3 is 2.76 bits per heavy atom. The highest BCUT2D eigenvalue weighted by molar-refractivity contribution is 5.00. The van der Waals surface area contributed by atoms with Crippen molar-refractivity contribution in [1.82, 2.24) is 15.0 Å². The zero-order valence-electron chi connectivity index (χ0n) is 10.5. The van der Waals surface area contributed by atoms with Gasteiger partial charge >= 0.3 is 0 Å². The van der Waals surface area contributed by atoms with Gasteiger partial charge in [0.05, 0.1) is 11.7 Å². The molecule has 0 aromatic carbocycles. The molecule has 3 nitrogen and oxygen atoms in total. The standard InChI is InChI=1S/C12H19F2N3/c1-8(2)10-7-17(16-15-10)11-5-4-6-12(13,14)9(11)3/h7-9,11H,4-6H2,1-3H3/t9-,11+/m1/s1. The predicted molar refractivity (Wildman–Crippen MR) is 61.1 cm³/mol. The lowest BCUT2D eigenvalue weighted by atomic mass is 9.82. The molecule has 1 heterocycles. The fourth-order valence-electron chi connectivity index (χ4n) is 2.38. The van der Waals surface area contributed by atoms with Gasteiger partial charge in [0.25, 0.3) is 5.92 Å². The molecule has 1 saturated carbocycles. The second-order valence-corrected chi connectivity index (χ2v) is 5.29. The molecule has 0 spiro atoms. The quantitative estimate of drug-likeness (QED) is 0.797. The van der Waals surface area contributed by atoms with Crippen LogP contribution in [-0.4, -0.2) is 20.9 Å². The molecule has 0 aliphatic heterocycles. The summed E-state index contributed by atoms with van der Waals surface area (Å²) in [5.74, 6) is -2.96. The Hall–Kier alpha value is -1.00. The summed E-state index contributed by atoms with van der Waals surface area (Å²) in [5.41, 5.74) is 0.867. The number of alkyl halides is 2. The molecule has 0 bridgehead atoms. The van der Waals surface area contributed by atoms with Gasteiger partial charge in [-0.2, -0.15) is 0 Å². The van der Waals surface area contributed by atoms with E-state index in [0.717, 1.165) is 12.1 Å². The van der Waals surface area contributed by atoms with Crippen molar-refractivity contribution in [3.05, 3.63) is 11.9 Å². The molecule has 1 fully saturated rings. The van der Waals surface area contributed by atoms with Gasteiger partial charge in [-0.1, -0.05) is 26.0 Å². The molecule has 2 rings (SSSR count). The molecule has 2 atom stereocenters. The second-order valence-electron chi connectivity index (χ2n) is 5.29. The lowest BCUT2D eigenvalue weighted by Crippen LogP contribution is -2.37. The van der Waals surface area contributed by atoms with Gasteiger partial charge in [0, 0.05) is 18.5 Å². The van der Waals surface area contributed by atoms with Crippen LogP contribution in [0.25, 0.3) is 0 Å². The predicted octanol–water partition coefficient (Wildman–Crippen LogP) is 3.40. The molecule has 5 heteroatoms. The second kappa shape index (κ2) is 4.35. The molecular weight excluding hydrogens is 224 g/mol. The summed E-state index contributed by atoms with van der Waals surface area (Å²) in [6.45, 7) is 5.65. The van der Waals surface area contributed by atoms with Crippen LogP contribution < -0.4 is 0 Å². The Labute approximate surface area is 100 Å². The summed E-state index contributed by atoms with van der Waals surface area (Å²) in [7, 11) is 0. The van der Waals surface area contributed by atoms with Crippen LogP contribution in [-0.2, 0) is 0 Å². The maximum Gasteiger partial charge on any atom is 0.252 e. The van der Waals surface area contributed by atoms with Gasteiger partial charge < -0.3 is 0 Å². The van der Waals surface area contributed by atoms with Gasteiger partial charge in [-0.3, -0.25) is 0 Å². The summed E-state index contributed by atoms with van der Waals surface area (Å²) in [6.07, 6.45) is 3.13. The van der Waals surface area contributed by atoms with Crippen molar-refractivity contribution in [3.63, 3.8) is 0 Å². The molecule has 0 radical (unpaired) electrons. The monoisotopic (exact) mass is 243 g/mol. The first kappa shape index (κ1) is 12.5. The minimum Gasteiger partial charge on any atom is -0.249 e. The van der Waals surface area contributed by atoms with Crippen LogP contribution in [0.4, 0.5) is 8.78 Å². The van der Waals surface area contributed by atoms with Crippen LogP contribution in [0.5, 0.6) is 0 Å². The SMILES string of the molecule is CC(C)c1cn([C@H]2CCCC(F)(F)[C@@H]2C)nn1. The van der Waals surface area contributed by atoms with Gasteiger partial charge in [-0.05, 0) is 18.8 Å². The summed E-state index contributed by atoms with van der Waals surface area (Å²) in [4.78, 5) is 0. The van der Waals surface area contributed by atoms with E-state index in [4.69, 9.17) is 0 Å². The molecule has 1 aliphatic carbocycles. The average molecular weight is 243 g/mol. The van der Waals surface area contributed by atoms with E-state index in [-0.39, 0.29) is 18.4 Å². The third-order valence-corrected chi connectivity index (χ3v) is 3.71. The normalized spacial score (nSPS) is 28.6. The highest BCUT2D eigenvalue weighted by atomic mass is 19.3. The van der Waals surface area contributed by atoms with Gasteiger partial charge in [0.1, 0.15) is 0 Å². The van der Waals surface area contributed by atoms with Crippen molar-refractivity contribution >= 4 is 0 Å². The third-order valence-electron chi connectivity index (χ3n) is 3.71. The fourth-order valence-corrected chi connectivity index (χ4v) is 2.38. The van der Waals surface area contributed by atoms with E-state index in [2.05, 4.69) is 10.3 Å². The number of hydrogen-bond donors (Lipinski definition) is 0. The highest BCUT2D eigenvalue weighted by Crippen LogP contribution is 2.43. The van der Waals surface area contributed by atoms with Crippen LogP contribution in [0, 0.1) is 5.92 Å². The summed E-state index contributed by atoms with van der Waals surface area (Å²) < 4.78 is 28.9. The molecule has 1 aromatic heterocycles. The zero-order chi connectivity index (χ0) is 12.6. The number of nitrogens with zero attached hydrogens (tertiary/aromatic N) is 3. The summed E-state index contributed by atoms with van der Waals surface area (Å²) in [6, 6.07) is -0.223. The fraction of sp³-hybridized carbons (Fsp3) is 0.833. The Bertz CT molecular complexity index is 387. The first-order valence-corrected chi connectivity index (χ1v) is 6.21. The topological polar surface area (TPSA) is 30.7 Å². The van der Waals surface area contributed by atoms with Crippen LogP contribution in [0.15, 0.2) is 6.20 Å². The highest BCUT2D eigenvalue weighted by Gasteiger charge is 2.45. The van der Waals surface area contributed by atoms with Crippen molar-refractivity contribution < 1.29 is 8.78 Å². The maximum atomic E-state index is 13.6. The zero-order valence-corrected chi connectivity index (χ0v) is 10.5. The molecule has 0 amide bonds. The lowest BCUT2D eigenvalue weighted by molar-refractivity contribution is -0.0999. The number of halogens is 2. The Morgan fingerprint density at radius 2 is 2.18 bits per heavy atom. The van der Waals surface area contributed by atoms with Crippen molar-refractivity contribution in [1.29, 1.82) is 0 Å². The van der Waals surface area contributed by atoms with Crippen LogP contribution in [0.3, 0.4) is 0 Å². The smallest absolute Gasteiger partial charge is 0.249 e. The Balaban J connectivity index is 2.20. The van der Waals surface area contributed by atoms with Crippen molar-refractivity contribution in [2.75, 3.05) is 0 Å². The van der Waals surface area contributed by atoms with Gasteiger partial charge in [-0.15, -0.1) is 5.10 Å². The number of rotatable bonds is 2. The third kappa shape index (κ3) is 2.33. The molecule has 0 saturated heterocycles. The lowest BCUT2D eigenvalue weighted by Gasteiger charge is -2.35. The van der Waals surface area contributed by atoms with E-state index < -0.39 is 11.8 Å². The first-order chi connectivity index (χ1) is 7.92. The molecular formula is C12H19F2N3. The Morgan fingerprint density at radius 1 is 1.47 bits per heavy atom. The van der Waals surface area contributed by atoms with E-state index in [1.165, 1.54) is 0 Å². The van der Waals surface area contributed by atoms with E-state index in [0.29, 0.717) is 6.42 Å². The van der Waals surface area contributed by atoms with Crippen LogP contribution in [0.2, 0.25) is 0 Å². The molecule has 1 aliphatic rings. The van der Waals surface area contributed by atoms with E-state index in [9.17, 15) is 8.78 Å². The van der Waals surface area contributed by atoms with E-state index in [1.807, 2.05) is 20.0 Å². The molecule has 0 unspecified atom stereocenters. The number of hydrogen-bond acceptors (Lipinski definition) is 2. The van der Waals surface area contributed by atoms with E-state index in [1.54, 1.807) is 11.6 Å². The minimum atomic E-state index is -2.58. The molecule has 96 valence electrons. The summed E-state index contributed by atoms with van der Waals surface area (Å²) in [5, 5.41) is 8.05. The average Bonchev–Trinajstić information content (AvgIpc) is 2.71. The number of aromatic nitrogens is 3. The summed E-state index contributed by atoms with van der Waals surface area (Å²) >= 11 is 0.